The van der Waals surface area contributed by atoms with Crippen LogP contribution in [0.2, 0.25) is 0 Å². The minimum atomic E-state index is -0.123. The van der Waals surface area contributed by atoms with Crippen molar-refractivity contribution in [2.45, 2.75) is 33.7 Å². The Morgan fingerprint density at radius 1 is 1.57 bits per heavy atom. The van der Waals surface area contributed by atoms with E-state index in [0.717, 1.165) is 0 Å². The molecule has 0 bridgehead atoms. The van der Waals surface area contributed by atoms with Crippen molar-refractivity contribution in [1.29, 1.82) is 0 Å². The second kappa shape index (κ2) is 3.98. The van der Waals surface area contributed by atoms with Crippen LogP contribution in [0.25, 0.3) is 0 Å². The Kier molecular flexibility index (Phi) is 3.13. The van der Waals surface area contributed by atoms with Crippen molar-refractivity contribution in [3.05, 3.63) is 0 Å². The molecule has 1 amide bonds. The molecule has 1 heterocycles. The van der Waals surface area contributed by atoms with E-state index in [9.17, 15) is 4.79 Å². The standard InChI is InChI=1S/C10H18N2O2/c1-7(13)12-8(10(2,3)4)9-11-5-6-14-9/h8H,5-6H2,1-4H3,(H,12,13). The van der Waals surface area contributed by atoms with Crippen LogP contribution in [0.15, 0.2) is 4.99 Å². The van der Waals surface area contributed by atoms with Gasteiger partial charge in [-0.25, -0.2) is 0 Å². The van der Waals surface area contributed by atoms with E-state index in [2.05, 4.69) is 31.1 Å². The Labute approximate surface area is 84.7 Å². The van der Waals surface area contributed by atoms with Gasteiger partial charge in [0.15, 0.2) is 0 Å². The molecule has 0 saturated carbocycles. The topological polar surface area (TPSA) is 50.7 Å². The molecule has 4 nitrogen and oxygen atoms in total. The summed E-state index contributed by atoms with van der Waals surface area (Å²) in [7, 11) is 0. The van der Waals surface area contributed by atoms with E-state index in [1.807, 2.05) is 0 Å². The van der Waals surface area contributed by atoms with Crippen molar-refractivity contribution in [1.82, 2.24) is 5.32 Å². The molecule has 0 aromatic heterocycles. The van der Waals surface area contributed by atoms with E-state index in [1.165, 1.54) is 6.92 Å². The van der Waals surface area contributed by atoms with Crippen LogP contribution in [-0.2, 0) is 9.53 Å². The number of carbonyl (C=O) groups is 1. The smallest absolute Gasteiger partial charge is 0.217 e. The van der Waals surface area contributed by atoms with E-state index >= 15 is 0 Å². The third-order valence-corrected chi connectivity index (χ3v) is 2.07. The molecule has 1 aliphatic rings. The number of rotatable bonds is 2. The van der Waals surface area contributed by atoms with Crippen molar-refractivity contribution in [3.63, 3.8) is 0 Å². The Balaban J connectivity index is 2.76. The molecule has 0 aliphatic carbocycles. The second-order valence-electron chi connectivity index (χ2n) is 4.57. The predicted octanol–water partition coefficient (Wildman–Crippen LogP) is 0.966. The summed E-state index contributed by atoms with van der Waals surface area (Å²) in [5, 5.41) is 2.87. The number of aliphatic imine (C=N–C) groups is 1. The van der Waals surface area contributed by atoms with Crippen LogP contribution in [0.5, 0.6) is 0 Å². The van der Waals surface area contributed by atoms with E-state index in [4.69, 9.17) is 4.74 Å². The average molecular weight is 198 g/mol. The lowest BCUT2D eigenvalue weighted by Gasteiger charge is -2.30. The molecule has 1 aliphatic heterocycles. The van der Waals surface area contributed by atoms with Crippen LogP contribution in [0.4, 0.5) is 0 Å². The molecular formula is C10H18N2O2. The Morgan fingerprint density at radius 3 is 2.57 bits per heavy atom. The van der Waals surface area contributed by atoms with Gasteiger partial charge in [-0.15, -0.1) is 0 Å². The van der Waals surface area contributed by atoms with Crippen LogP contribution in [0.1, 0.15) is 27.7 Å². The fourth-order valence-corrected chi connectivity index (χ4v) is 1.38. The summed E-state index contributed by atoms with van der Waals surface area (Å²) >= 11 is 0. The van der Waals surface area contributed by atoms with Gasteiger partial charge in [-0.2, -0.15) is 0 Å². The molecule has 0 radical (unpaired) electrons. The molecule has 0 aromatic rings. The average Bonchev–Trinajstić information content (AvgIpc) is 2.49. The summed E-state index contributed by atoms with van der Waals surface area (Å²) < 4.78 is 5.38. The highest BCUT2D eigenvalue weighted by molar-refractivity contribution is 5.88. The summed E-state index contributed by atoms with van der Waals surface area (Å²) in [5.41, 5.74) is -0.0746. The summed E-state index contributed by atoms with van der Waals surface area (Å²) in [6, 6.07) is -0.123. The highest BCUT2D eigenvalue weighted by Gasteiger charge is 2.32. The van der Waals surface area contributed by atoms with Gasteiger partial charge in [0.2, 0.25) is 11.8 Å². The van der Waals surface area contributed by atoms with Crippen molar-refractivity contribution >= 4 is 11.8 Å². The van der Waals surface area contributed by atoms with E-state index in [1.54, 1.807) is 0 Å². The lowest BCUT2D eigenvalue weighted by molar-refractivity contribution is -0.119. The van der Waals surface area contributed by atoms with Crippen molar-refractivity contribution in [2.75, 3.05) is 13.2 Å². The summed E-state index contributed by atoms with van der Waals surface area (Å²) in [5.74, 6) is 0.607. The Morgan fingerprint density at radius 2 is 2.21 bits per heavy atom. The first-order valence-corrected chi connectivity index (χ1v) is 4.85. The molecule has 1 atom stereocenters. The normalized spacial score (nSPS) is 18.4. The molecule has 0 spiro atoms. The monoisotopic (exact) mass is 198 g/mol. The number of nitrogens with zero attached hydrogens (tertiary/aromatic N) is 1. The zero-order valence-corrected chi connectivity index (χ0v) is 9.26. The number of hydrogen-bond acceptors (Lipinski definition) is 3. The van der Waals surface area contributed by atoms with Crippen LogP contribution in [0, 0.1) is 5.41 Å². The quantitative estimate of drug-likeness (QED) is 0.718. The van der Waals surface area contributed by atoms with Gasteiger partial charge in [-0.05, 0) is 5.41 Å². The van der Waals surface area contributed by atoms with Gasteiger partial charge in [0.05, 0.1) is 6.54 Å². The summed E-state index contributed by atoms with van der Waals surface area (Å²) in [4.78, 5) is 15.3. The maximum Gasteiger partial charge on any atom is 0.217 e. The third kappa shape index (κ3) is 2.72. The van der Waals surface area contributed by atoms with E-state index < -0.39 is 0 Å². The summed E-state index contributed by atoms with van der Waals surface area (Å²) in [6.07, 6.45) is 0. The van der Waals surface area contributed by atoms with Gasteiger partial charge in [-0.3, -0.25) is 9.79 Å². The number of amides is 1. The fourth-order valence-electron chi connectivity index (χ4n) is 1.38. The second-order valence-corrected chi connectivity index (χ2v) is 4.57. The first-order chi connectivity index (χ1) is 6.41. The molecule has 1 N–H and O–H groups in total. The van der Waals surface area contributed by atoms with Gasteiger partial charge >= 0.3 is 0 Å². The lowest BCUT2D eigenvalue weighted by atomic mass is 9.86. The highest BCUT2D eigenvalue weighted by Crippen LogP contribution is 2.22. The zero-order chi connectivity index (χ0) is 10.8. The molecule has 0 fully saturated rings. The molecule has 1 unspecified atom stereocenters. The van der Waals surface area contributed by atoms with Gasteiger partial charge in [-0.1, -0.05) is 20.8 Å². The minimum Gasteiger partial charge on any atom is -0.478 e. The number of carbonyl (C=O) groups excluding carboxylic acids is 1. The molecular weight excluding hydrogens is 180 g/mol. The van der Waals surface area contributed by atoms with Crippen LogP contribution < -0.4 is 5.32 Å². The first-order valence-electron chi connectivity index (χ1n) is 4.85. The van der Waals surface area contributed by atoms with Gasteiger partial charge in [0.25, 0.3) is 0 Å². The maximum absolute atomic E-state index is 11.0. The fraction of sp³-hybridized carbons (Fsp3) is 0.800. The SMILES string of the molecule is CC(=O)NC(C1=NCCO1)C(C)(C)C. The van der Waals surface area contributed by atoms with Crippen LogP contribution >= 0.6 is 0 Å². The number of hydrogen-bond donors (Lipinski definition) is 1. The molecule has 0 aromatic carbocycles. The maximum atomic E-state index is 11.0. The lowest BCUT2D eigenvalue weighted by Crippen LogP contribution is -2.48. The molecule has 1 rings (SSSR count). The van der Waals surface area contributed by atoms with Crippen molar-refractivity contribution < 1.29 is 9.53 Å². The zero-order valence-electron chi connectivity index (χ0n) is 9.26. The predicted molar refractivity (Wildman–Crippen MR) is 55.3 cm³/mol. The number of nitrogens with one attached hydrogen (secondary N) is 1. The third-order valence-electron chi connectivity index (χ3n) is 2.07. The molecule has 4 heteroatoms. The van der Waals surface area contributed by atoms with Crippen LogP contribution in [0.3, 0.4) is 0 Å². The van der Waals surface area contributed by atoms with Gasteiger partial charge in [0, 0.05) is 6.92 Å². The minimum absolute atomic E-state index is 0.0527. The van der Waals surface area contributed by atoms with E-state index in [-0.39, 0.29) is 17.4 Å². The molecule has 14 heavy (non-hydrogen) atoms. The van der Waals surface area contributed by atoms with Gasteiger partial charge in [0.1, 0.15) is 12.6 Å². The van der Waals surface area contributed by atoms with Crippen LogP contribution in [-0.4, -0.2) is 31.0 Å². The van der Waals surface area contributed by atoms with Crippen molar-refractivity contribution in [2.24, 2.45) is 10.4 Å². The highest BCUT2D eigenvalue weighted by atomic mass is 16.5. The Hall–Kier alpha value is -1.06. The molecule has 0 saturated heterocycles. The van der Waals surface area contributed by atoms with Gasteiger partial charge < -0.3 is 10.1 Å². The summed E-state index contributed by atoms with van der Waals surface area (Å²) in [6.45, 7) is 8.99. The van der Waals surface area contributed by atoms with Crippen molar-refractivity contribution in [3.8, 4) is 0 Å². The Bertz CT molecular complexity index is 253. The number of ether oxygens (including phenoxy) is 1. The van der Waals surface area contributed by atoms with E-state index in [0.29, 0.717) is 19.0 Å². The largest absolute Gasteiger partial charge is 0.478 e. The first kappa shape index (κ1) is 11.0. The molecule has 80 valence electrons.